The summed E-state index contributed by atoms with van der Waals surface area (Å²) in [5.41, 5.74) is 1.73. The van der Waals surface area contributed by atoms with Crippen LogP contribution in [0.5, 0.6) is 0 Å². The van der Waals surface area contributed by atoms with Crippen LogP contribution in [0.2, 0.25) is 0 Å². The highest BCUT2D eigenvalue weighted by Gasteiger charge is 2.16. The lowest BCUT2D eigenvalue weighted by Gasteiger charge is -1.99. The number of nitrogens with zero attached hydrogens (tertiary/aromatic N) is 2. The molecule has 2 aromatic rings. The van der Waals surface area contributed by atoms with Crippen molar-refractivity contribution in [2.75, 3.05) is 0 Å². The molecule has 0 spiro atoms. The zero-order valence-electron chi connectivity index (χ0n) is 7.18. The Hall–Kier alpha value is -1.55. The van der Waals surface area contributed by atoms with Gasteiger partial charge in [0.1, 0.15) is 0 Å². The van der Waals surface area contributed by atoms with E-state index in [1.165, 1.54) is 0 Å². The molecule has 0 amide bonds. The molecule has 1 aliphatic heterocycles. The third-order valence-corrected chi connectivity index (χ3v) is 3.12. The molecule has 14 heavy (non-hydrogen) atoms. The molecule has 1 unspecified atom stereocenters. The van der Waals surface area contributed by atoms with Gasteiger partial charge in [-0.2, -0.15) is 4.40 Å². The molecule has 68 valence electrons. The summed E-state index contributed by atoms with van der Waals surface area (Å²) in [7, 11) is -1.30. The normalized spacial score (nSPS) is 18.7. The van der Waals surface area contributed by atoms with Gasteiger partial charge in [0.25, 0.3) is 0 Å². The highest BCUT2D eigenvalue weighted by atomic mass is 32.2. The summed E-state index contributed by atoms with van der Waals surface area (Å²) in [5.74, 6) is 0. The fourth-order valence-corrected chi connectivity index (χ4v) is 2.30. The summed E-state index contributed by atoms with van der Waals surface area (Å²) < 4.78 is 15.2. The number of aromatic nitrogens is 1. The van der Waals surface area contributed by atoms with Crippen LogP contribution in [-0.4, -0.2) is 15.4 Å². The standard InChI is InChI=1S/C10H6N2OS/c13-14-10-8(6-11-14)5-7-3-1-2-4-9(7)12-10/h1-6H. The van der Waals surface area contributed by atoms with Crippen LogP contribution < -0.4 is 0 Å². The van der Waals surface area contributed by atoms with Gasteiger partial charge in [0.2, 0.25) is 0 Å². The summed E-state index contributed by atoms with van der Waals surface area (Å²) in [4.78, 5) is 4.31. The lowest BCUT2D eigenvalue weighted by atomic mass is 10.2. The SMILES string of the molecule is O=S1N=Cc2cc3ccccc3nc21. The first kappa shape index (κ1) is 7.82. The molecule has 3 nitrogen and oxygen atoms in total. The zero-order valence-corrected chi connectivity index (χ0v) is 7.99. The Morgan fingerprint density at radius 1 is 1.21 bits per heavy atom. The largest absolute Gasteiger partial charge is 0.236 e. The van der Waals surface area contributed by atoms with Crippen molar-refractivity contribution < 1.29 is 4.21 Å². The summed E-state index contributed by atoms with van der Waals surface area (Å²) >= 11 is 0. The maximum Gasteiger partial charge on any atom is 0.192 e. The summed E-state index contributed by atoms with van der Waals surface area (Å²) in [6.07, 6.45) is 1.62. The van der Waals surface area contributed by atoms with E-state index < -0.39 is 11.0 Å². The van der Waals surface area contributed by atoms with Crippen molar-refractivity contribution in [2.24, 2.45) is 4.40 Å². The van der Waals surface area contributed by atoms with Gasteiger partial charge in [0, 0.05) is 17.2 Å². The van der Waals surface area contributed by atoms with Crippen molar-refractivity contribution in [1.29, 1.82) is 0 Å². The minimum Gasteiger partial charge on any atom is -0.236 e. The van der Waals surface area contributed by atoms with Gasteiger partial charge in [-0.25, -0.2) is 9.19 Å². The van der Waals surface area contributed by atoms with Crippen molar-refractivity contribution in [3.05, 3.63) is 35.9 Å². The van der Waals surface area contributed by atoms with Gasteiger partial charge in [-0.3, -0.25) is 0 Å². The molecular formula is C10H6N2OS. The molecule has 2 heterocycles. The van der Waals surface area contributed by atoms with Gasteiger partial charge >= 0.3 is 0 Å². The van der Waals surface area contributed by atoms with Crippen LogP contribution in [0.25, 0.3) is 10.9 Å². The number of benzene rings is 1. The predicted molar refractivity (Wildman–Crippen MR) is 55.7 cm³/mol. The maximum atomic E-state index is 11.4. The van der Waals surface area contributed by atoms with Gasteiger partial charge < -0.3 is 0 Å². The predicted octanol–water partition coefficient (Wildman–Crippen LogP) is 1.69. The van der Waals surface area contributed by atoms with Gasteiger partial charge in [0.05, 0.1) is 5.52 Å². The minimum atomic E-state index is -1.30. The Kier molecular flexibility index (Phi) is 1.52. The molecular weight excluding hydrogens is 196 g/mol. The molecule has 0 N–H and O–H groups in total. The highest BCUT2D eigenvalue weighted by molar-refractivity contribution is 7.84. The van der Waals surface area contributed by atoms with Crippen LogP contribution in [0.15, 0.2) is 39.8 Å². The number of hydrogen-bond acceptors (Lipinski definition) is 2. The van der Waals surface area contributed by atoms with Gasteiger partial charge in [-0.05, 0) is 12.1 Å². The third-order valence-electron chi connectivity index (χ3n) is 2.17. The van der Waals surface area contributed by atoms with E-state index >= 15 is 0 Å². The molecule has 0 fully saturated rings. The molecule has 0 radical (unpaired) electrons. The molecule has 4 heteroatoms. The summed E-state index contributed by atoms with van der Waals surface area (Å²) in [5, 5.41) is 1.63. The molecule has 1 aromatic heterocycles. The fraction of sp³-hybridized carbons (Fsp3) is 0. The Morgan fingerprint density at radius 3 is 3.00 bits per heavy atom. The van der Waals surface area contributed by atoms with Crippen LogP contribution in [0.3, 0.4) is 0 Å². The fourth-order valence-electron chi connectivity index (χ4n) is 1.50. The van der Waals surface area contributed by atoms with E-state index in [9.17, 15) is 4.21 Å². The monoisotopic (exact) mass is 202 g/mol. The van der Waals surface area contributed by atoms with E-state index in [2.05, 4.69) is 9.38 Å². The number of pyridine rings is 1. The van der Waals surface area contributed by atoms with Crippen molar-refractivity contribution >= 4 is 28.1 Å². The first-order valence-electron chi connectivity index (χ1n) is 4.20. The second-order valence-electron chi connectivity index (χ2n) is 3.06. The number of hydrogen-bond donors (Lipinski definition) is 0. The zero-order chi connectivity index (χ0) is 9.54. The van der Waals surface area contributed by atoms with Crippen molar-refractivity contribution in [3.8, 4) is 0 Å². The number of fused-ring (bicyclic) bond motifs is 2. The van der Waals surface area contributed by atoms with E-state index in [1.807, 2.05) is 30.3 Å². The van der Waals surface area contributed by atoms with Crippen LogP contribution in [0.4, 0.5) is 0 Å². The maximum absolute atomic E-state index is 11.4. The lowest BCUT2D eigenvalue weighted by molar-refractivity contribution is 0.683. The topological polar surface area (TPSA) is 42.3 Å². The van der Waals surface area contributed by atoms with Crippen LogP contribution in [-0.2, 0) is 11.0 Å². The summed E-state index contributed by atoms with van der Waals surface area (Å²) in [6.45, 7) is 0. The van der Waals surface area contributed by atoms with Gasteiger partial charge in [-0.1, -0.05) is 18.2 Å². The highest BCUT2D eigenvalue weighted by Crippen LogP contribution is 2.21. The molecule has 0 aliphatic carbocycles. The summed E-state index contributed by atoms with van der Waals surface area (Å²) in [6, 6.07) is 9.73. The molecule has 0 saturated heterocycles. The number of para-hydroxylation sites is 1. The van der Waals surface area contributed by atoms with Crippen LogP contribution in [0.1, 0.15) is 5.56 Å². The van der Waals surface area contributed by atoms with E-state index in [-0.39, 0.29) is 0 Å². The minimum absolute atomic E-state index is 0.573. The average molecular weight is 202 g/mol. The van der Waals surface area contributed by atoms with Crippen molar-refractivity contribution in [1.82, 2.24) is 4.98 Å². The second kappa shape index (κ2) is 2.72. The van der Waals surface area contributed by atoms with Crippen molar-refractivity contribution in [3.63, 3.8) is 0 Å². The third kappa shape index (κ3) is 1.01. The molecule has 1 atom stereocenters. The first-order chi connectivity index (χ1) is 6.84. The molecule has 0 saturated carbocycles. The quantitative estimate of drug-likeness (QED) is 0.652. The van der Waals surface area contributed by atoms with Crippen LogP contribution >= 0.6 is 0 Å². The molecule has 1 aromatic carbocycles. The van der Waals surface area contributed by atoms with E-state index in [0.717, 1.165) is 16.5 Å². The van der Waals surface area contributed by atoms with E-state index in [4.69, 9.17) is 0 Å². The smallest absolute Gasteiger partial charge is 0.192 e. The first-order valence-corrected chi connectivity index (χ1v) is 5.31. The second-order valence-corrected chi connectivity index (χ2v) is 4.15. The van der Waals surface area contributed by atoms with Gasteiger partial charge in [-0.15, -0.1) is 0 Å². The Labute approximate surface area is 83.1 Å². The molecule has 3 rings (SSSR count). The van der Waals surface area contributed by atoms with E-state index in [1.54, 1.807) is 6.21 Å². The molecule has 1 aliphatic rings. The Balaban J connectivity index is 2.42. The molecule has 0 bridgehead atoms. The Morgan fingerprint density at radius 2 is 2.07 bits per heavy atom. The average Bonchev–Trinajstić information content (AvgIpc) is 2.57. The van der Waals surface area contributed by atoms with Gasteiger partial charge in [0.15, 0.2) is 16.0 Å². The van der Waals surface area contributed by atoms with E-state index in [0.29, 0.717) is 5.03 Å². The van der Waals surface area contributed by atoms with Crippen LogP contribution in [0, 0.1) is 0 Å². The number of rotatable bonds is 0. The Bertz CT molecular complexity index is 577. The van der Waals surface area contributed by atoms with Crippen molar-refractivity contribution in [2.45, 2.75) is 5.03 Å². The lowest BCUT2D eigenvalue weighted by Crippen LogP contribution is -1.91.